The topological polar surface area (TPSA) is 83.5 Å². The van der Waals surface area contributed by atoms with Crippen molar-refractivity contribution >= 4 is 27.6 Å². The van der Waals surface area contributed by atoms with E-state index < -0.39 is 10.0 Å². The molecule has 0 radical (unpaired) electrons. The van der Waals surface area contributed by atoms with Crippen LogP contribution < -0.4 is 4.72 Å². The van der Waals surface area contributed by atoms with Crippen molar-refractivity contribution in [2.24, 2.45) is 0 Å². The average Bonchev–Trinajstić information content (AvgIpc) is 2.50. The maximum atomic E-state index is 12.1. The van der Waals surface area contributed by atoms with Crippen LogP contribution in [0.1, 0.15) is 30.1 Å². The van der Waals surface area contributed by atoms with Gasteiger partial charge >= 0.3 is 0 Å². The molecule has 5 nitrogen and oxygen atoms in total. The van der Waals surface area contributed by atoms with E-state index in [1.54, 1.807) is 30.8 Å². The standard InChI is InChI=1S/C14H21NO4S2/c1-2-14(17)12-5-3-6-13(11-12)21(18,19)15-7-10-20-9-4-8-16/h3,5-6,11,15-16H,2,4,7-10H2,1H3. The number of rotatable bonds is 10. The molecular weight excluding hydrogens is 310 g/mol. The van der Waals surface area contributed by atoms with E-state index in [4.69, 9.17) is 5.11 Å². The zero-order chi connectivity index (χ0) is 15.7. The van der Waals surface area contributed by atoms with E-state index >= 15 is 0 Å². The summed E-state index contributed by atoms with van der Waals surface area (Å²) in [7, 11) is -3.58. The summed E-state index contributed by atoms with van der Waals surface area (Å²) in [6.07, 6.45) is 1.05. The Bertz CT molecular complexity index is 558. The summed E-state index contributed by atoms with van der Waals surface area (Å²) in [5, 5.41) is 8.64. The van der Waals surface area contributed by atoms with Gasteiger partial charge in [0.05, 0.1) is 4.90 Å². The number of sulfonamides is 1. The molecule has 0 fully saturated rings. The van der Waals surface area contributed by atoms with E-state index in [1.165, 1.54) is 12.1 Å². The van der Waals surface area contributed by atoms with Crippen LogP contribution in [0.4, 0.5) is 0 Å². The molecule has 21 heavy (non-hydrogen) atoms. The van der Waals surface area contributed by atoms with Gasteiger partial charge in [-0.2, -0.15) is 11.8 Å². The largest absolute Gasteiger partial charge is 0.396 e. The monoisotopic (exact) mass is 331 g/mol. The second-order valence-electron chi connectivity index (χ2n) is 4.39. The van der Waals surface area contributed by atoms with E-state index in [-0.39, 0.29) is 17.3 Å². The van der Waals surface area contributed by atoms with Crippen LogP contribution in [0.5, 0.6) is 0 Å². The Hall–Kier alpha value is -0.890. The SMILES string of the molecule is CCC(=O)c1cccc(S(=O)(=O)NCCSCCCO)c1. The lowest BCUT2D eigenvalue weighted by Gasteiger charge is -2.08. The molecule has 0 atom stereocenters. The molecule has 0 aromatic heterocycles. The van der Waals surface area contributed by atoms with Gasteiger partial charge in [0.2, 0.25) is 10.0 Å². The van der Waals surface area contributed by atoms with Crippen LogP contribution in [0.3, 0.4) is 0 Å². The van der Waals surface area contributed by atoms with Crippen LogP contribution >= 0.6 is 11.8 Å². The fourth-order valence-corrected chi connectivity index (χ4v) is 3.63. The van der Waals surface area contributed by atoms with Crippen LogP contribution in [0, 0.1) is 0 Å². The summed E-state index contributed by atoms with van der Waals surface area (Å²) in [4.78, 5) is 11.7. The lowest BCUT2D eigenvalue weighted by atomic mass is 10.1. The number of hydrogen-bond donors (Lipinski definition) is 2. The summed E-state index contributed by atoms with van der Waals surface area (Å²) >= 11 is 1.58. The lowest BCUT2D eigenvalue weighted by molar-refractivity contribution is 0.0988. The van der Waals surface area contributed by atoms with Crippen molar-refractivity contribution in [1.29, 1.82) is 0 Å². The molecule has 118 valence electrons. The van der Waals surface area contributed by atoms with Gasteiger partial charge < -0.3 is 5.11 Å². The molecule has 7 heteroatoms. The van der Waals surface area contributed by atoms with Gasteiger partial charge in [-0.15, -0.1) is 0 Å². The van der Waals surface area contributed by atoms with Crippen molar-refractivity contribution in [2.75, 3.05) is 24.7 Å². The number of hydrogen-bond acceptors (Lipinski definition) is 5. The molecule has 0 unspecified atom stereocenters. The first kappa shape index (κ1) is 18.2. The maximum Gasteiger partial charge on any atom is 0.240 e. The van der Waals surface area contributed by atoms with Gasteiger partial charge in [-0.05, 0) is 24.3 Å². The summed E-state index contributed by atoms with van der Waals surface area (Å²) in [5.41, 5.74) is 0.415. The smallest absolute Gasteiger partial charge is 0.240 e. The number of aliphatic hydroxyl groups is 1. The Kier molecular flexibility index (Phi) is 7.95. The molecule has 1 aromatic rings. The molecule has 2 N–H and O–H groups in total. The average molecular weight is 331 g/mol. The van der Waals surface area contributed by atoms with E-state index in [2.05, 4.69) is 4.72 Å². The maximum absolute atomic E-state index is 12.1. The minimum absolute atomic E-state index is 0.0772. The third-order valence-electron chi connectivity index (χ3n) is 2.77. The number of benzene rings is 1. The molecular formula is C14H21NO4S2. The third-order valence-corrected chi connectivity index (χ3v) is 5.30. The number of carbonyl (C=O) groups excluding carboxylic acids is 1. The first-order valence-electron chi connectivity index (χ1n) is 6.82. The van der Waals surface area contributed by atoms with Gasteiger partial charge in [-0.1, -0.05) is 19.1 Å². The number of nitrogens with one attached hydrogen (secondary N) is 1. The van der Waals surface area contributed by atoms with Crippen LogP contribution in [0.15, 0.2) is 29.2 Å². The van der Waals surface area contributed by atoms with Crippen LogP contribution in [0.25, 0.3) is 0 Å². The fraction of sp³-hybridized carbons (Fsp3) is 0.500. The van der Waals surface area contributed by atoms with E-state index in [0.717, 1.165) is 5.75 Å². The highest BCUT2D eigenvalue weighted by molar-refractivity contribution is 7.99. The Morgan fingerprint density at radius 2 is 2.10 bits per heavy atom. The highest BCUT2D eigenvalue weighted by atomic mass is 32.2. The van der Waals surface area contributed by atoms with Gasteiger partial charge in [0, 0.05) is 30.9 Å². The molecule has 0 spiro atoms. The van der Waals surface area contributed by atoms with Crippen molar-refractivity contribution in [1.82, 2.24) is 4.72 Å². The zero-order valence-corrected chi connectivity index (χ0v) is 13.7. The minimum atomic E-state index is -3.58. The molecule has 0 bridgehead atoms. The zero-order valence-electron chi connectivity index (χ0n) is 12.0. The molecule has 0 aliphatic heterocycles. The Balaban J connectivity index is 2.60. The molecule has 1 aromatic carbocycles. The van der Waals surface area contributed by atoms with Gasteiger partial charge in [0.1, 0.15) is 0 Å². The second-order valence-corrected chi connectivity index (χ2v) is 7.38. The third kappa shape index (κ3) is 6.17. The van der Waals surface area contributed by atoms with Crippen molar-refractivity contribution < 1.29 is 18.3 Å². The van der Waals surface area contributed by atoms with Crippen LogP contribution in [-0.2, 0) is 10.0 Å². The van der Waals surface area contributed by atoms with Gasteiger partial charge in [0.15, 0.2) is 5.78 Å². The molecule has 0 aliphatic carbocycles. The van der Waals surface area contributed by atoms with E-state index in [0.29, 0.717) is 30.7 Å². The number of ketones is 1. The summed E-state index contributed by atoms with van der Waals surface area (Å²) < 4.78 is 26.7. The molecule has 0 saturated carbocycles. The second kappa shape index (κ2) is 9.19. The van der Waals surface area contributed by atoms with Crippen LogP contribution in [0.2, 0.25) is 0 Å². The number of aliphatic hydroxyl groups excluding tert-OH is 1. The molecule has 0 saturated heterocycles. The Morgan fingerprint density at radius 1 is 1.33 bits per heavy atom. The number of carbonyl (C=O) groups is 1. The Morgan fingerprint density at radius 3 is 2.76 bits per heavy atom. The van der Waals surface area contributed by atoms with E-state index in [9.17, 15) is 13.2 Å². The quantitative estimate of drug-likeness (QED) is 0.503. The summed E-state index contributed by atoms with van der Waals surface area (Å²) in [6, 6.07) is 6.09. The number of Topliss-reactive ketones (excluding diaryl/α,β-unsaturated/α-hetero) is 1. The summed E-state index contributed by atoms with van der Waals surface area (Å²) in [5.74, 6) is 1.37. The predicted molar refractivity (Wildman–Crippen MR) is 85.3 cm³/mol. The lowest BCUT2D eigenvalue weighted by Crippen LogP contribution is -2.26. The van der Waals surface area contributed by atoms with Gasteiger partial charge in [0.25, 0.3) is 0 Å². The Labute approximate surface area is 130 Å². The molecule has 1 rings (SSSR count). The first-order valence-corrected chi connectivity index (χ1v) is 9.46. The van der Waals surface area contributed by atoms with Crippen molar-refractivity contribution in [2.45, 2.75) is 24.7 Å². The molecule has 0 heterocycles. The summed E-state index contributed by atoms with van der Waals surface area (Å²) in [6.45, 7) is 2.21. The highest BCUT2D eigenvalue weighted by Crippen LogP contribution is 2.13. The van der Waals surface area contributed by atoms with Crippen molar-refractivity contribution in [3.8, 4) is 0 Å². The van der Waals surface area contributed by atoms with Gasteiger partial charge in [-0.3, -0.25) is 4.79 Å². The van der Waals surface area contributed by atoms with Gasteiger partial charge in [-0.25, -0.2) is 13.1 Å². The molecule has 0 amide bonds. The normalized spacial score (nSPS) is 11.5. The van der Waals surface area contributed by atoms with E-state index in [1.807, 2.05) is 0 Å². The fourth-order valence-electron chi connectivity index (χ4n) is 1.64. The molecule has 0 aliphatic rings. The first-order chi connectivity index (χ1) is 10.0. The number of thioether (sulfide) groups is 1. The predicted octanol–water partition coefficient (Wildman–Crippen LogP) is 1.67. The minimum Gasteiger partial charge on any atom is -0.396 e. The highest BCUT2D eigenvalue weighted by Gasteiger charge is 2.15. The van der Waals surface area contributed by atoms with Crippen LogP contribution in [-0.4, -0.2) is 44.0 Å². The van der Waals surface area contributed by atoms with Crippen molar-refractivity contribution in [3.63, 3.8) is 0 Å². The van der Waals surface area contributed by atoms with Crippen molar-refractivity contribution in [3.05, 3.63) is 29.8 Å².